The van der Waals surface area contributed by atoms with Crippen LogP contribution in [0.3, 0.4) is 0 Å². The molecule has 0 aliphatic heterocycles. The molecule has 0 atom stereocenters. The van der Waals surface area contributed by atoms with E-state index in [1.165, 1.54) is 82.0 Å². The van der Waals surface area contributed by atoms with Crippen molar-refractivity contribution in [3.05, 3.63) is 0 Å². The summed E-state index contributed by atoms with van der Waals surface area (Å²) in [5.74, 6) is 0. The highest BCUT2D eigenvalue weighted by atomic mass is 16.2. The van der Waals surface area contributed by atoms with Crippen molar-refractivity contribution in [2.24, 2.45) is 0 Å². The summed E-state index contributed by atoms with van der Waals surface area (Å²) in [6, 6.07) is 0. The Morgan fingerprint density at radius 2 is 0.737 bits per heavy atom. The summed E-state index contributed by atoms with van der Waals surface area (Å²) in [5.41, 5.74) is 0. The first-order valence-corrected chi connectivity index (χ1v) is 8.50. The van der Waals surface area contributed by atoms with Gasteiger partial charge in [0.2, 0.25) is 0 Å². The first-order chi connectivity index (χ1) is 9.24. The third-order valence-corrected chi connectivity index (χ3v) is 3.94. The molecule has 0 saturated carbocycles. The second kappa shape index (κ2) is 16.0. The van der Waals surface area contributed by atoms with E-state index in [0.29, 0.717) is 0 Å². The maximum Gasteiger partial charge on any atom is 0.0786 e. The van der Waals surface area contributed by atoms with Gasteiger partial charge >= 0.3 is 0 Å². The van der Waals surface area contributed by atoms with Crippen LogP contribution in [-0.2, 0) is 0 Å². The Kier molecular flexibility index (Phi) is 17.8. The lowest BCUT2D eigenvalue weighted by Gasteiger charge is -2.39. The number of hydrogen-bond donors (Lipinski definition) is 0. The highest BCUT2D eigenvalue weighted by molar-refractivity contribution is 4.49. The van der Waals surface area contributed by atoms with E-state index in [9.17, 15) is 0 Å². The molecule has 0 fully saturated rings. The van der Waals surface area contributed by atoms with Crippen LogP contribution >= 0.6 is 0 Å². The number of nitrogens with zero attached hydrogens (tertiary/aromatic N) is 1. The molecule has 0 aromatic rings. The summed E-state index contributed by atoms with van der Waals surface area (Å²) in [4.78, 5) is 0. The molecule has 2 heteroatoms. The SMILES string of the molecule is CCCC[N+](CCCC)(CCCC)CCCC.C[O-]. The molecule has 0 aliphatic carbocycles. The number of hydrogen-bond acceptors (Lipinski definition) is 1. The lowest BCUT2D eigenvalue weighted by atomic mass is 10.1. The van der Waals surface area contributed by atoms with Crippen molar-refractivity contribution >= 4 is 0 Å². The van der Waals surface area contributed by atoms with Crippen LogP contribution in [0.5, 0.6) is 0 Å². The first kappa shape index (κ1) is 21.2. The molecule has 0 aromatic heterocycles. The third kappa shape index (κ3) is 11.4. The fraction of sp³-hybridized carbons (Fsp3) is 1.00. The van der Waals surface area contributed by atoms with Crippen LogP contribution in [0.1, 0.15) is 79.1 Å². The molecule has 118 valence electrons. The van der Waals surface area contributed by atoms with Crippen molar-refractivity contribution in [1.82, 2.24) is 0 Å². The lowest BCUT2D eigenvalue weighted by molar-refractivity contribution is -0.929. The molecule has 0 rings (SSSR count). The molecule has 0 spiro atoms. The van der Waals surface area contributed by atoms with Crippen LogP contribution in [0, 0.1) is 0 Å². The average molecular weight is 274 g/mol. The van der Waals surface area contributed by atoms with Gasteiger partial charge in [0, 0.05) is 0 Å². The maximum atomic E-state index is 8.25. The monoisotopic (exact) mass is 273 g/mol. The second-order valence-electron chi connectivity index (χ2n) is 5.65. The van der Waals surface area contributed by atoms with Gasteiger partial charge in [-0.2, -0.15) is 7.11 Å². The molecule has 0 saturated heterocycles. The predicted octanol–water partition coefficient (Wildman–Crippen LogP) is 3.98. The fourth-order valence-corrected chi connectivity index (χ4v) is 2.64. The van der Waals surface area contributed by atoms with Crippen molar-refractivity contribution in [2.45, 2.75) is 79.1 Å². The quantitative estimate of drug-likeness (QED) is 0.493. The summed E-state index contributed by atoms with van der Waals surface area (Å²) < 4.78 is 1.42. The van der Waals surface area contributed by atoms with Gasteiger partial charge in [-0.15, -0.1) is 0 Å². The van der Waals surface area contributed by atoms with Crippen LogP contribution in [0.15, 0.2) is 0 Å². The van der Waals surface area contributed by atoms with Crippen molar-refractivity contribution in [1.29, 1.82) is 0 Å². The largest absolute Gasteiger partial charge is 0.857 e. The van der Waals surface area contributed by atoms with Gasteiger partial charge in [-0.25, -0.2) is 0 Å². The van der Waals surface area contributed by atoms with Gasteiger partial charge in [0.15, 0.2) is 0 Å². The zero-order chi connectivity index (χ0) is 15.0. The van der Waals surface area contributed by atoms with E-state index in [4.69, 9.17) is 5.11 Å². The van der Waals surface area contributed by atoms with Gasteiger partial charge in [0.05, 0.1) is 26.2 Å². The van der Waals surface area contributed by atoms with Gasteiger partial charge < -0.3 is 9.59 Å². The van der Waals surface area contributed by atoms with E-state index in [2.05, 4.69) is 27.7 Å². The summed E-state index contributed by atoms with van der Waals surface area (Å²) in [5, 5.41) is 8.25. The zero-order valence-corrected chi connectivity index (χ0v) is 14.3. The molecular weight excluding hydrogens is 234 g/mol. The Bertz CT molecular complexity index is 122. The standard InChI is InChI=1S/C16H36N.CH3O/c1-5-9-13-17(14-10-6-2,15-11-7-3)16-12-8-4;1-2/h5-16H2,1-4H3;1H3/q+1;-1. The van der Waals surface area contributed by atoms with Crippen molar-refractivity contribution < 1.29 is 9.59 Å². The summed E-state index contributed by atoms with van der Waals surface area (Å²) in [6.07, 6.45) is 11.1. The van der Waals surface area contributed by atoms with E-state index in [-0.39, 0.29) is 0 Å². The maximum absolute atomic E-state index is 8.25. The molecule has 0 aromatic carbocycles. The molecule has 0 heterocycles. The second-order valence-corrected chi connectivity index (χ2v) is 5.65. The van der Waals surface area contributed by atoms with Crippen LogP contribution < -0.4 is 5.11 Å². The Morgan fingerprint density at radius 1 is 0.526 bits per heavy atom. The molecule has 0 N–H and O–H groups in total. The van der Waals surface area contributed by atoms with Crippen LogP contribution in [0.2, 0.25) is 0 Å². The minimum Gasteiger partial charge on any atom is -0.857 e. The predicted molar refractivity (Wildman–Crippen MR) is 85.3 cm³/mol. The summed E-state index contributed by atoms with van der Waals surface area (Å²) in [6.45, 7) is 15.0. The third-order valence-electron chi connectivity index (χ3n) is 3.94. The molecule has 0 bridgehead atoms. The lowest BCUT2D eigenvalue weighted by Crippen LogP contribution is -2.50. The number of quaternary nitrogens is 1. The Labute approximate surface area is 122 Å². The van der Waals surface area contributed by atoms with E-state index < -0.39 is 0 Å². The molecule has 2 nitrogen and oxygen atoms in total. The van der Waals surface area contributed by atoms with Crippen LogP contribution in [0.4, 0.5) is 0 Å². The van der Waals surface area contributed by atoms with Crippen molar-refractivity contribution in [2.75, 3.05) is 33.3 Å². The van der Waals surface area contributed by atoms with E-state index in [0.717, 1.165) is 7.11 Å². The van der Waals surface area contributed by atoms with Gasteiger partial charge in [-0.1, -0.05) is 53.4 Å². The molecule has 0 radical (unpaired) electrons. The highest BCUT2D eigenvalue weighted by Crippen LogP contribution is 2.16. The zero-order valence-electron chi connectivity index (χ0n) is 14.3. The summed E-state index contributed by atoms with van der Waals surface area (Å²) >= 11 is 0. The fourth-order valence-electron chi connectivity index (χ4n) is 2.64. The minimum absolute atomic E-state index is 0.750. The van der Waals surface area contributed by atoms with Crippen molar-refractivity contribution in [3.8, 4) is 0 Å². The molecule has 19 heavy (non-hydrogen) atoms. The topological polar surface area (TPSA) is 23.1 Å². The Morgan fingerprint density at radius 3 is 0.895 bits per heavy atom. The minimum atomic E-state index is 0.750. The van der Waals surface area contributed by atoms with E-state index >= 15 is 0 Å². The van der Waals surface area contributed by atoms with Crippen LogP contribution in [0.25, 0.3) is 0 Å². The van der Waals surface area contributed by atoms with Gasteiger partial charge in [0.25, 0.3) is 0 Å². The summed E-state index contributed by atoms with van der Waals surface area (Å²) in [7, 11) is 0.750. The van der Waals surface area contributed by atoms with Crippen LogP contribution in [-0.4, -0.2) is 37.8 Å². The average Bonchev–Trinajstić information content (AvgIpc) is 2.48. The molecule has 0 unspecified atom stereocenters. The number of unbranched alkanes of at least 4 members (excludes halogenated alkanes) is 4. The molecule has 0 amide bonds. The Balaban J connectivity index is 0. The first-order valence-electron chi connectivity index (χ1n) is 8.50. The van der Waals surface area contributed by atoms with Gasteiger partial charge in [0.1, 0.15) is 0 Å². The van der Waals surface area contributed by atoms with Gasteiger partial charge in [-0.05, 0) is 25.7 Å². The normalized spacial score (nSPS) is 11.1. The molecular formula is C17H39NO. The molecule has 0 aliphatic rings. The van der Waals surface area contributed by atoms with Gasteiger partial charge in [-0.3, -0.25) is 0 Å². The highest BCUT2D eigenvalue weighted by Gasteiger charge is 2.24. The van der Waals surface area contributed by atoms with E-state index in [1.54, 1.807) is 0 Å². The van der Waals surface area contributed by atoms with Crippen molar-refractivity contribution in [3.63, 3.8) is 0 Å². The Hall–Kier alpha value is -0.0800. The smallest absolute Gasteiger partial charge is 0.0786 e. The van der Waals surface area contributed by atoms with E-state index in [1.807, 2.05) is 0 Å². The number of rotatable bonds is 12.